The molecular formula is C23H25N5O3. The van der Waals surface area contributed by atoms with Gasteiger partial charge in [0.15, 0.2) is 0 Å². The van der Waals surface area contributed by atoms with E-state index in [1.165, 1.54) is 6.07 Å². The number of amides is 2. The second-order valence-electron chi connectivity index (χ2n) is 7.65. The number of aromatic nitrogens is 3. The molecular weight excluding hydrogens is 394 g/mol. The molecule has 1 aliphatic carbocycles. The van der Waals surface area contributed by atoms with Crippen LogP contribution in [0, 0.1) is 0 Å². The van der Waals surface area contributed by atoms with Crippen LogP contribution in [0.2, 0.25) is 0 Å². The minimum absolute atomic E-state index is 0.177. The van der Waals surface area contributed by atoms with Gasteiger partial charge in [-0.2, -0.15) is 5.10 Å². The molecule has 4 rings (SSSR count). The molecule has 0 saturated heterocycles. The molecule has 8 heteroatoms. The Morgan fingerprint density at radius 1 is 1.13 bits per heavy atom. The zero-order valence-corrected chi connectivity index (χ0v) is 17.6. The standard InChI is InChI=1S/C23H25N5O3/c1-24-23(30)21-13-16(22(29)26-17-6-7-17)12-19(25-21)10-15-4-3-5-20(11-15)31-14-18-8-9-28(2)27-18/h3-5,8-9,11-13,17H,6-7,10,14H2,1-2H3,(H,24,30)(H,26,29). The molecule has 0 spiro atoms. The van der Waals surface area contributed by atoms with Crippen molar-refractivity contribution in [2.24, 2.45) is 7.05 Å². The Labute approximate surface area is 180 Å². The smallest absolute Gasteiger partial charge is 0.269 e. The minimum atomic E-state index is -0.324. The molecule has 2 aromatic heterocycles. The van der Waals surface area contributed by atoms with E-state index in [1.807, 2.05) is 43.6 Å². The molecule has 1 saturated carbocycles. The zero-order chi connectivity index (χ0) is 21.8. The number of benzene rings is 1. The van der Waals surface area contributed by atoms with Gasteiger partial charge in [-0.1, -0.05) is 12.1 Å². The summed E-state index contributed by atoms with van der Waals surface area (Å²) in [6.45, 7) is 0.375. The van der Waals surface area contributed by atoms with Gasteiger partial charge in [0, 0.05) is 44.0 Å². The van der Waals surface area contributed by atoms with Gasteiger partial charge < -0.3 is 15.4 Å². The van der Waals surface area contributed by atoms with E-state index in [2.05, 4.69) is 20.7 Å². The van der Waals surface area contributed by atoms with Crippen LogP contribution in [0.15, 0.2) is 48.7 Å². The Balaban J connectivity index is 1.51. The van der Waals surface area contributed by atoms with Crippen LogP contribution >= 0.6 is 0 Å². The fourth-order valence-corrected chi connectivity index (χ4v) is 3.20. The normalized spacial score (nSPS) is 13.0. The van der Waals surface area contributed by atoms with Gasteiger partial charge in [-0.15, -0.1) is 0 Å². The lowest BCUT2D eigenvalue weighted by atomic mass is 10.1. The molecule has 0 aliphatic heterocycles. The molecule has 0 radical (unpaired) electrons. The maximum atomic E-state index is 12.5. The first-order chi connectivity index (χ1) is 15.0. The molecule has 2 N–H and O–H groups in total. The highest BCUT2D eigenvalue weighted by Gasteiger charge is 2.24. The SMILES string of the molecule is CNC(=O)c1cc(C(=O)NC2CC2)cc(Cc2cccc(OCc3ccn(C)n3)c2)n1. The Bertz CT molecular complexity index is 1100. The van der Waals surface area contributed by atoms with Gasteiger partial charge in [0.1, 0.15) is 18.1 Å². The van der Waals surface area contributed by atoms with Crippen LogP contribution in [0.25, 0.3) is 0 Å². The number of nitrogens with zero attached hydrogens (tertiary/aromatic N) is 3. The maximum absolute atomic E-state index is 12.5. The average molecular weight is 419 g/mol. The number of pyridine rings is 1. The second-order valence-corrected chi connectivity index (χ2v) is 7.65. The monoisotopic (exact) mass is 419 g/mol. The van der Waals surface area contributed by atoms with Crippen LogP contribution < -0.4 is 15.4 Å². The third-order valence-electron chi connectivity index (χ3n) is 4.95. The third kappa shape index (κ3) is 5.48. The van der Waals surface area contributed by atoms with Crippen molar-refractivity contribution in [1.82, 2.24) is 25.4 Å². The Kier molecular flexibility index (Phi) is 5.97. The molecule has 0 bridgehead atoms. The van der Waals surface area contributed by atoms with Gasteiger partial charge in [-0.25, -0.2) is 4.98 Å². The van der Waals surface area contributed by atoms with Crippen molar-refractivity contribution in [3.05, 3.63) is 76.9 Å². The number of hydrogen-bond donors (Lipinski definition) is 2. The fourth-order valence-electron chi connectivity index (χ4n) is 3.20. The predicted molar refractivity (Wildman–Crippen MR) is 115 cm³/mol. The summed E-state index contributed by atoms with van der Waals surface area (Å²) in [5, 5.41) is 9.84. The summed E-state index contributed by atoms with van der Waals surface area (Å²) in [5.74, 6) is 0.218. The van der Waals surface area contributed by atoms with Crippen LogP contribution in [0.4, 0.5) is 0 Å². The van der Waals surface area contributed by atoms with E-state index in [4.69, 9.17) is 4.74 Å². The number of hydrogen-bond acceptors (Lipinski definition) is 5. The van der Waals surface area contributed by atoms with Gasteiger partial charge in [-0.05, 0) is 48.7 Å². The summed E-state index contributed by atoms with van der Waals surface area (Å²) < 4.78 is 7.58. The van der Waals surface area contributed by atoms with Crippen molar-refractivity contribution in [2.75, 3.05) is 7.05 Å². The first-order valence-electron chi connectivity index (χ1n) is 10.2. The van der Waals surface area contributed by atoms with Gasteiger partial charge in [-0.3, -0.25) is 14.3 Å². The minimum Gasteiger partial charge on any atom is -0.487 e. The van der Waals surface area contributed by atoms with Crippen molar-refractivity contribution in [3.8, 4) is 5.75 Å². The largest absolute Gasteiger partial charge is 0.487 e. The van der Waals surface area contributed by atoms with E-state index < -0.39 is 0 Å². The molecule has 31 heavy (non-hydrogen) atoms. The average Bonchev–Trinajstić information content (AvgIpc) is 3.49. The lowest BCUT2D eigenvalue weighted by Crippen LogP contribution is -2.27. The van der Waals surface area contributed by atoms with Crippen molar-refractivity contribution in [1.29, 1.82) is 0 Å². The molecule has 1 fully saturated rings. The van der Waals surface area contributed by atoms with Crippen LogP contribution in [0.1, 0.15) is 50.6 Å². The third-order valence-corrected chi connectivity index (χ3v) is 4.95. The van der Waals surface area contributed by atoms with E-state index in [9.17, 15) is 9.59 Å². The number of carbonyl (C=O) groups is 2. The molecule has 2 amide bonds. The first kappa shape index (κ1) is 20.6. The number of nitrogens with one attached hydrogen (secondary N) is 2. The van der Waals surface area contributed by atoms with Gasteiger partial charge in [0.2, 0.25) is 0 Å². The van der Waals surface area contributed by atoms with E-state index in [1.54, 1.807) is 17.8 Å². The quantitative estimate of drug-likeness (QED) is 0.584. The van der Waals surface area contributed by atoms with Crippen LogP contribution in [-0.2, 0) is 20.1 Å². The topological polar surface area (TPSA) is 98.1 Å². The Hall–Kier alpha value is -3.68. The van der Waals surface area contributed by atoms with Crippen molar-refractivity contribution < 1.29 is 14.3 Å². The highest BCUT2D eigenvalue weighted by Crippen LogP contribution is 2.21. The number of carbonyl (C=O) groups excluding carboxylic acids is 2. The van der Waals surface area contributed by atoms with Crippen molar-refractivity contribution >= 4 is 11.8 Å². The molecule has 160 valence electrons. The summed E-state index contributed by atoms with van der Waals surface area (Å²) in [7, 11) is 3.41. The molecule has 3 aromatic rings. The second kappa shape index (κ2) is 8.99. The van der Waals surface area contributed by atoms with Gasteiger partial charge in [0.25, 0.3) is 11.8 Å². The fraction of sp³-hybridized carbons (Fsp3) is 0.304. The molecule has 2 heterocycles. The number of ether oxygens (including phenoxy) is 1. The van der Waals surface area contributed by atoms with Gasteiger partial charge >= 0.3 is 0 Å². The van der Waals surface area contributed by atoms with Crippen LogP contribution in [0.3, 0.4) is 0 Å². The summed E-state index contributed by atoms with van der Waals surface area (Å²) in [5.41, 5.74) is 3.12. The lowest BCUT2D eigenvalue weighted by molar-refractivity contribution is 0.0951. The lowest BCUT2D eigenvalue weighted by Gasteiger charge is -2.10. The summed E-state index contributed by atoms with van der Waals surface area (Å²) >= 11 is 0. The van der Waals surface area contributed by atoms with Crippen molar-refractivity contribution in [3.63, 3.8) is 0 Å². The van der Waals surface area contributed by atoms with Crippen LogP contribution in [-0.4, -0.2) is 39.7 Å². The molecule has 8 nitrogen and oxygen atoms in total. The van der Waals surface area contributed by atoms with Gasteiger partial charge in [0.05, 0.1) is 5.69 Å². The zero-order valence-electron chi connectivity index (χ0n) is 17.6. The molecule has 0 unspecified atom stereocenters. The maximum Gasteiger partial charge on any atom is 0.269 e. The summed E-state index contributed by atoms with van der Waals surface area (Å²) in [6.07, 6.45) is 4.33. The Morgan fingerprint density at radius 3 is 2.68 bits per heavy atom. The van der Waals surface area contributed by atoms with Crippen molar-refractivity contribution in [2.45, 2.75) is 31.9 Å². The number of rotatable bonds is 8. The highest BCUT2D eigenvalue weighted by atomic mass is 16.5. The molecule has 1 aromatic carbocycles. The Morgan fingerprint density at radius 2 is 1.97 bits per heavy atom. The van der Waals surface area contributed by atoms with E-state index in [0.717, 1.165) is 29.8 Å². The molecule has 0 atom stereocenters. The van der Waals surface area contributed by atoms with Crippen LogP contribution in [0.5, 0.6) is 5.75 Å². The summed E-state index contributed by atoms with van der Waals surface area (Å²) in [4.78, 5) is 29.2. The predicted octanol–water partition coefficient (Wildman–Crippen LogP) is 2.24. The van der Waals surface area contributed by atoms with E-state index in [-0.39, 0.29) is 23.6 Å². The van der Waals surface area contributed by atoms with E-state index in [0.29, 0.717) is 24.3 Å². The summed E-state index contributed by atoms with van der Waals surface area (Å²) in [6, 6.07) is 13.1. The molecule has 1 aliphatic rings. The highest BCUT2D eigenvalue weighted by molar-refractivity contribution is 5.98. The number of aryl methyl sites for hydroxylation is 1. The first-order valence-corrected chi connectivity index (χ1v) is 10.2. The van der Waals surface area contributed by atoms with E-state index >= 15 is 0 Å².